The van der Waals surface area contributed by atoms with Crippen LogP contribution in [0.15, 0.2) is 42.4 Å². The van der Waals surface area contributed by atoms with Gasteiger partial charge in [0.15, 0.2) is 0 Å². The van der Waals surface area contributed by atoms with E-state index < -0.39 is 8.07 Å². The van der Waals surface area contributed by atoms with Crippen molar-refractivity contribution in [2.45, 2.75) is 19.6 Å². The molecule has 2 rings (SSSR count). The van der Waals surface area contributed by atoms with Gasteiger partial charge in [-0.2, -0.15) is 0 Å². The van der Waals surface area contributed by atoms with Crippen LogP contribution in [0.25, 0.3) is 10.8 Å². The van der Waals surface area contributed by atoms with Crippen molar-refractivity contribution in [3.8, 4) is 10.4 Å². The maximum atomic E-state index is 8.05. The Morgan fingerprint density at radius 2 is 1.82 bits per heavy atom. The van der Waals surface area contributed by atoms with Crippen molar-refractivity contribution in [2.75, 3.05) is 0 Å². The van der Waals surface area contributed by atoms with E-state index in [1.165, 1.54) is 10.8 Å². The van der Waals surface area contributed by atoms with Crippen LogP contribution < -0.4 is 4.46 Å². The van der Waals surface area contributed by atoms with Gasteiger partial charge in [-0.25, -0.2) is 0 Å². The minimum atomic E-state index is -1.30. The van der Waals surface area contributed by atoms with Gasteiger partial charge in [0.25, 0.3) is 0 Å². The van der Waals surface area contributed by atoms with Crippen LogP contribution >= 0.6 is 0 Å². The fourth-order valence-electron chi connectivity index (χ4n) is 1.45. The second-order valence-corrected chi connectivity index (χ2v) is 11.4. The Hall–Kier alpha value is -1.00. The third kappa shape index (κ3) is 3.48. The molecule has 0 nitrogen and oxygen atoms in total. The number of hydrogen-bond donors (Lipinski definition) is 0. The molecular formula is C15H16SeSi. The molecule has 86 valence electrons. The summed E-state index contributed by atoms with van der Waals surface area (Å²) in [4.78, 5) is 3.33. The Morgan fingerprint density at radius 3 is 2.59 bits per heavy atom. The quantitative estimate of drug-likeness (QED) is 0.561. The molecule has 0 heterocycles. The van der Waals surface area contributed by atoms with E-state index in [0.717, 1.165) is 4.46 Å². The molecule has 0 radical (unpaired) electrons. The molecule has 0 N–H and O–H groups in total. The van der Waals surface area contributed by atoms with E-state index in [0.29, 0.717) is 6.04 Å². The third-order valence-corrected chi connectivity index (χ3v) is 5.11. The Balaban J connectivity index is 2.43. The number of hydrogen-bond acceptors (Lipinski definition) is 0. The zero-order valence-corrected chi connectivity index (χ0v) is 13.1. The molecule has 0 saturated carbocycles. The molecule has 0 amide bonds. The van der Waals surface area contributed by atoms with Crippen LogP contribution in [-0.4, -0.2) is 23.0 Å². The summed E-state index contributed by atoms with van der Waals surface area (Å²) in [6.07, 6.45) is 0. The van der Waals surface area contributed by atoms with E-state index in [-0.39, 0.29) is 15.0 Å². The SMILES string of the molecule is [2H]c1ccc2ccccc2c1[Se]C#C[Si](C)(C)C. The van der Waals surface area contributed by atoms with Crippen molar-refractivity contribution in [2.24, 2.45) is 0 Å². The van der Waals surface area contributed by atoms with Gasteiger partial charge in [-0.05, 0) is 0 Å². The van der Waals surface area contributed by atoms with E-state index >= 15 is 0 Å². The van der Waals surface area contributed by atoms with Gasteiger partial charge in [-0.3, -0.25) is 0 Å². The summed E-state index contributed by atoms with van der Waals surface area (Å²) in [7, 11) is -1.30. The molecule has 0 aliphatic heterocycles. The predicted octanol–water partition coefficient (Wildman–Crippen LogP) is 3.01. The number of fused-ring (bicyclic) bond motifs is 1. The first-order chi connectivity index (χ1) is 8.47. The summed E-state index contributed by atoms with van der Waals surface area (Å²) in [6.45, 7) is 6.75. The van der Waals surface area contributed by atoms with Gasteiger partial charge in [0.05, 0.1) is 0 Å². The van der Waals surface area contributed by atoms with E-state index in [1.54, 1.807) is 0 Å². The molecule has 0 spiro atoms. The Kier molecular flexibility index (Phi) is 3.33. The molecule has 0 aliphatic carbocycles. The fourth-order valence-corrected chi connectivity index (χ4v) is 5.15. The van der Waals surface area contributed by atoms with Crippen molar-refractivity contribution < 1.29 is 1.37 Å². The average molecular weight is 304 g/mol. The van der Waals surface area contributed by atoms with Crippen LogP contribution in [0.5, 0.6) is 0 Å². The van der Waals surface area contributed by atoms with E-state index in [4.69, 9.17) is 1.37 Å². The van der Waals surface area contributed by atoms with Gasteiger partial charge in [0.1, 0.15) is 0 Å². The molecule has 0 saturated heterocycles. The normalized spacial score (nSPS) is 11.8. The molecule has 2 aromatic rings. The van der Waals surface area contributed by atoms with Gasteiger partial charge in [0.2, 0.25) is 0 Å². The van der Waals surface area contributed by atoms with Crippen LogP contribution in [0, 0.1) is 10.4 Å². The zero-order chi connectivity index (χ0) is 13.2. The molecule has 2 aromatic carbocycles. The Morgan fingerprint density at radius 1 is 1.12 bits per heavy atom. The third-order valence-electron chi connectivity index (χ3n) is 2.26. The van der Waals surface area contributed by atoms with Crippen molar-refractivity contribution in [3.05, 3.63) is 42.4 Å². The van der Waals surface area contributed by atoms with E-state index in [2.05, 4.69) is 42.1 Å². The van der Waals surface area contributed by atoms with E-state index in [1.807, 2.05) is 24.3 Å². The second-order valence-electron chi connectivity index (χ2n) is 4.97. The first-order valence-electron chi connectivity index (χ1n) is 6.15. The van der Waals surface area contributed by atoms with Crippen molar-refractivity contribution in [1.29, 1.82) is 0 Å². The van der Waals surface area contributed by atoms with E-state index in [9.17, 15) is 0 Å². The van der Waals surface area contributed by atoms with Gasteiger partial charge in [-0.1, -0.05) is 0 Å². The van der Waals surface area contributed by atoms with Crippen LogP contribution in [0.2, 0.25) is 19.6 Å². The van der Waals surface area contributed by atoms with Gasteiger partial charge < -0.3 is 0 Å². The molecule has 17 heavy (non-hydrogen) atoms. The number of benzene rings is 2. The Labute approximate surface area is 112 Å². The number of rotatable bonds is 1. The van der Waals surface area contributed by atoms with Crippen LogP contribution in [0.1, 0.15) is 1.37 Å². The van der Waals surface area contributed by atoms with Gasteiger partial charge in [0, 0.05) is 0 Å². The standard InChI is InChI=1S/C15H16SeSi/c1-17(2,3)12-11-16-15-10-6-8-13-7-4-5-9-14(13)15/h4-10H,1-3H3/i10D. The summed E-state index contributed by atoms with van der Waals surface area (Å²) < 4.78 is 9.16. The summed E-state index contributed by atoms with van der Waals surface area (Å²) >= 11 is 0.0816. The van der Waals surface area contributed by atoms with Crippen LogP contribution in [0.4, 0.5) is 0 Å². The van der Waals surface area contributed by atoms with Crippen molar-refractivity contribution in [1.82, 2.24) is 0 Å². The van der Waals surface area contributed by atoms with Crippen molar-refractivity contribution >= 4 is 38.3 Å². The first-order valence-corrected chi connectivity index (χ1v) is 10.9. The van der Waals surface area contributed by atoms with Crippen molar-refractivity contribution in [3.63, 3.8) is 0 Å². The van der Waals surface area contributed by atoms with Gasteiger partial charge >= 0.3 is 112 Å². The topological polar surface area (TPSA) is 0 Å². The molecule has 0 atom stereocenters. The molecule has 0 aromatic heterocycles. The molecule has 0 bridgehead atoms. The summed E-state index contributed by atoms with van der Waals surface area (Å²) in [5.41, 5.74) is 3.40. The fraction of sp³-hybridized carbons (Fsp3) is 0.200. The maximum absolute atomic E-state index is 8.05. The minimum absolute atomic E-state index is 0.0816. The molecule has 0 aliphatic rings. The monoisotopic (exact) mass is 305 g/mol. The summed E-state index contributed by atoms with van der Waals surface area (Å²) in [6, 6.07) is 12.8. The van der Waals surface area contributed by atoms with Crippen LogP contribution in [0.3, 0.4) is 0 Å². The van der Waals surface area contributed by atoms with Gasteiger partial charge in [-0.15, -0.1) is 0 Å². The Bertz CT molecular complexity index is 632. The molecular weight excluding hydrogens is 287 g/mol. The second kappa shape index (κ2) is 5.10. The molecule has 0 unspecified atom stereocenters. The van der Waals surface area contributed by atoms with Crippen LogP contribution in [-0.2, 0) is 0 Å². The average Bonchev–Trinajstić information content (AvgIpc) is 2.31. The summed E-state index contributed by atoms with van der Waals surface area (Å²) in [5.74, 6) is 0. The summed E-state index contributed by atoms with van der Waals surface area (Å²) in [5, 5.41) is 2.40. The predicted molar refractivity (Wildman–Crippen MR) is 80.5 cm³/mol. The molecule has 2 heteroatoms. The first kappa shape index (κ1) is 11.1. The zero-order valence-electron chi connectivity index (χ0n) is 11.4. The molecule has 0 fully saturated rings.